The van der Waals surface area contributed by atoms with Crippen molar-refractivity contribution in [3.63, 3.8) is 0 Å². The molecule has 1 aliphatic rings. The zero-order chi connectivity index (χ0) is 17.5. The molecule has 25 heavy (non-hydrogen) atoms. The van der Waals surface area contributed by atoms with E-state index in [2.05, 4.69) is 22.0 Å². The van der Waals surface area contributed by atoms with Gasteiger partial charge in [0.1, 0.15) is 0 Å². The third-order valence-electron chi connectivity index (χ3n) is 4.99. The van der Waals surface area contributed by atoms with Gasteiger partial charge < -0.3 is 9.80 Å². The molecule has 0 saturated carbocycles. The number of hydrogen-bond donors (Lipinski definition) is 0. The maximum absolute atomic E-state index is 12.5. The number of anilines is 1. The van der Waals surface area contributed by atoms with Crippen molar-refractivity contribution < 1.29 is 4.79 Å². The number of para-hydroxylation sites is 1. The summed E-state index contributed by atoms with van der Waals surface area (Å²) in [7, 11) is 0. The average Bonchev–Trinajstić information content (AvgIpc) is 2.69. The van der Waals surface area contributed by atoms with E-state index in [4.69, 9.17) is 0 Å². The second-order valence-electron chi connectivity index (χ2n) is 6.63. The lowest BCUT2D eigenvalue weighted by Crippen LogP contribution is -2.47. The van der Waals surface area contributed by atoms with Crippen LogP contribution < -0.4 is 4.90 Å². The summed E-state index contributed by atoms with van der Waals surface area (Å²) in [6.45, 7) is 5.12. The summed E-state index contributed by atoms with van der Waals surface area (Å²) >= 11 is 0. The van der Waals surface area contributed by atoms with Crippen LogP contribution in [-0.2, 0) is 11.2 Å². The lowest BCUT2D eigenvalue weighted by Gasteiger charge is -2.38. The monoisotopic (exact) mass is 337 g/mol. The standard InChI is InChI=1S/C21H27N3O/c1-2-21(25)24(19-6-4-3-5-7-19)20-11-16-23(17-12-20)15-10-18-8-13-22-14-9-18/h3-9,13-14,20H,2,10-12,15-17H2,1H3. The van der Waals surface area contributed by atoms with Crippen LogP contribution in [0.3, 0.4) is 0 Å². The molecule has 3 rings (SSSR count). The Bertz CT molecular complexity index is 651. The molecule has 1 fully saturated rings. The SMILES string of the molecule is CCC(=O)N(c1ccccc1)C1CCN(CCc2ccncc2)CC1. The summed E-state index contributed by atoms with van der Waals surface area (Å²) in [6.07, 6.45) is 7.40. The number of carbonyl (C=O) groups is 1. The van der Waals surface area contributed by atoms with Crippen LogP contribution in [0.5, 0.6) is 0 Å². The van der Waals surface area contributed by atoms with Gasteiger partial charge in [-0.25, -0.2) is 0 Å². The van der Waals surface area contributed by atoms with Gasteiger partial charge in [0.15, 0.2) is 0 Å². The maximum atomic E-state index is 12.5. The number of carbonyl (C=O) groups excluding carboxylic acids is 1. The Morgan fingerprint density at radius 1 is 1.12 bits per heavy atom. The van der Waals surface area contributed by atoms with Gasteiger partial charge in [-0.2, -0.15) is 0 Å². The molecule has 2 heterocycles. The van der Waals surface area contributed by atoms with E-state index in [1.165, 1.54) is 5.56 Å². The quantitative estimate of drug-likeness (QED) is 0.809. The van der Waals surface area contributed by atoms with Crippen molar-refractivity contribution in [2.75, 3.05) is 24.5 Å². The van der Waals surface area contributed by atoms with Gasteiger partial charge in [-0.3, -0.25) is 9.78 Å². The summed E-state index contributed by atoms with van der Waals surface area (Å²) in [5.41, 5.74) is 2.37. The summed E-state index contributed by atoms with van der Waals surface area (Å²) < 4.78 is 0. The van der Waals surface area contributed by atoms with Crippen molar-refractivity contribution >= 4 is 11.6 Å². The Hall–Kier alpha value is -2.20. The highest BCUT2D eigenvalue weighted by molar-refractivity contribution is 5.93. The van der Waals surface area contributed by atoms with Gasteiger partial charge in [0, 0.05) is 50.2 Å². The third-order valence-corrected chi connectivity index (χ3v) is 4.99. The Morgan fingerprint density at radius 2 is 1.80 bits per heavy atom. The van der Waals surface area contributed by atoms with Crippen molar-refractivity contribution in [2.45, 2.75) is 38.6 Å². The molecule has 0 bridgehead atoms. The van der Waals surface area contributed by atoms with Gasteiger partial charge >= 0.3 is 0 Å². The molecule has 0 radical (unpaired) electrons. The predicted octanol–water partition coefficient (Wildman–Crippen LogP) is 3.53. The van der Waals surface area contributed by atoms with Gasteiger partial charge in [-0.1, -0.05) is 25.1 Å². The van der Waals surface area contributed by atoms with E-state index in [0.717, 1.165) is 44.6 Å². The van der Waals surface area contributed by atoms with Gasteiger partial charge in [0.2, 0.25) is 5.91 Å². The Balaban J connectivity index is 1.57. The van der Waals surface area contributed by atoms with Crippen molar-refractivity contribution in [3.05, 3.63) is 60.4 Å². The van der Waals surface area contributed by atoms with Gasteiger partial charge in [-0.15, -0.1) is 0 Å². The van der Waals surface area contributed by atoms with E-state index in [1.807, 2.05) is 54.5 Å². The molecule has 1 amide bonds. The Kier molecular flexibility index (Phi) is 6.18. The van der Waals surface area contributed by atoms with Crippen LogP contribution in [0.2, 0.25) is 0 Å². The summed E-state index contributed by atoms with van der Waals surface area (Å²) in [6, 6.07) is 14.6. The first-order chi connectivity index (χ1) is 12.3. The second kappa shape index (κ2) is 8.77. The first-order valence-corrected chi connectivity index (χ1v) is 9.26. The minimum Gasteiger partial charge on any atom is -0.309 e. The highest BCUT2D eigenvalue weighted by Crippen LogP contribution is 2.24. The fourth-order valence-electron chi connectivity index (χ4n) is 3.56. The van der Waals surface area contributed by atoms with Crippen LogP contribution in [0.25, 0.3) is 0 Å². The molecule has 0 N–H and O–H groups in total. The van der Waals surface area contributed by atoms with E-state index in [9.17, 15) is 4.79 Å². The first-order valence-electron chi connectivity index (χ1n) is 9.26. The molecule has 4 heteroatoms. The largest absolute Gasteiger partial charge is 0.309 e. The topological polar surface area (TPSA) is 36.4 Å². The first kappa shape index (κ1) is 17.6. The van der Waals surface area contributed by atoms with Gasteiger partial charge in [-0.05, 0) is 49.1 Å². The Labute approximate surface area is 150 Å². The van der Waals surface area contributed by atoms with Gasteiger partial charge in [0.05, 0.1) is 0 Å². The highest BCUT2D eigenvalue weighted by Gasteiger charge is 2.28. The average molecular weight is 337 g/mol. The molecule has 0 atom stereocenters. The zero-order valence-electron chi connectivity index (χ0n) is 15.0. The zero-order valence-corrected chi connectivity index (χ0v) is 15.0. The smallest absolute Gasteiger partial charge is 0.226 e. The van der Waals surface area contributed by atoms with E-state index in [0.29, 0.717) is 12.5 Å². The van der Waals surface area contributed by atoms with Crippen LogP contribution in [0.4, 0.5) is 5.69 Å². The number of hydrogen-bond acceptors (Lipinski definition) is 3. The predicted molar refractivity (Wildman–Crippen MR) is 102 cm³/mol. The van der Waals surface area contributed by atoms with E-state index in [1.54, 1.807) is 0 Å². The van der Waals surface area contributed by atoms with E-state index >= 15 is 0 Å². The van der Waals surface area contributed by atoms with Crippen LogP contribution >= 0.6 is 0 Å². The van der Waals surface area contributed by atoms with Crippen LogP contribution in [0.15, 0.2) is 54.9 Å². The van der Waals surface area contributed by atoms with Crippen LogP contribution in [0, 0.1) is 0 Å². The number of likely N-dealkylation sites (tertiary alicyclic amines) is 1. The molecule has 1 aromatic heterocycles. The molecule has 1 aliphatic heterocycles. The molecule has 1 saturated heterocycles. The van der Waals surface area contributed by atoms with Gasteiger partial charge in [0.25, 0.3) is 0 Å². The lowest BCUT2D eigenvalue weighted by molar-refractivity contribution is -0.119. The van der Waals surface area contributed by atoms with Crippen LogP contribution in [-0.4, -0.2) is 41.5 Å². The van der Waals surface area contributed by atoms with E-state index < -0.39 is 0 Å². The molecule has 0 unspecified atom stereocenters. The molecular formula is C21H27N3O. The molecular weight excluding hydrogens is 310 g/mol. The number of piperidine rings is 1. The molecule has 2 aromatic rings. The minimum absolute atomic E-state index is 0.224. The van der Waals surface area contributed by atoms with Crippen molar-refractivity contribution in [1.82, 2.24) is 9.88 Å². The number of nitrogens with zero attached hydrogens (tertiary/aromatic N) is 3. The fraction of sp³-hybridized carbons (Fsp3) is 0.429. The number of rotatable bonds is 6. The molecule has 4 nitrogen and oxygen atoms in total. The molecule has 132 valence electrons. The third kappa shape index (κ3) is 4.67. The maximum Gasteiger partial charge on any atom is 0.226 e. The Morgan fingerprint density at radius 3 is 2.44 bits per heavy atom. The normalized spacial score (nSPS) is 15.9. The number of benzene rings is 1. The summed E-state index contributed by atoms with van der Waals surface area (Å²) in [4.78, 5) is 21.1. The second-order valence-corrected chi connectivity index (χ2v) is 6.63. The summed E-state index contributed by atoms with van der Waals surface area (Å²) in [5, 5.41) is 0. The number of aromatic nitrogens is 1. The van der Waals surface area contributed by atoms with Crippen molar-refractivity contribution in [3.8, 4) is 0 Å². The fourth-order valence-corrected chi connectivity index (χ4v) is 3.56. The van der Waals surface area contributed by atoms with Crippen LogP contribution in [0.1, 0.15) is 31.7 Å². The number of pyridine rings is 1. The number of amides is 1. The van der Waals surface area contributed by atoms with Crippen molar-refractivity contribution in [1.29, 1.82) is 0 Å². The molecule has 1 aromatic carbocycles. The van der Waals surface area contributed by atoms with E-state index in [-0.39, 0.29) is 5.91 Å². The summed E-state index contributed by atoms with van der Waals surface area (Å²) in [5.74, 6) is 0.224. The molecule has 0 spiro atoms. The minimum atomic E-state index is 0.224. The molecule has 0 aliphatic carbocycles. The highest BCUT2D eigenvalue weighted by atomic mass is 16.2. The lowest BCUT2D eigenvalue weighted by atomic mass is 10.0. The van der Waals surface area contributed by atoms with Crippen molar-refractivity contribution in [2.24, 2.45) is 0 Å².